The normalized spacial score (nSPS) is 11.0. The minimum atomic E-state index is -0.411. The SMILES string of the molecule is CC(C)(CN)NC(=O)c1ccc(COc2ccccc2)cc1. The summed E-state index contributed by atoms with van der Waals surface area (Å²) in [6, 6.07) is 17.0. The Labute approximate surface area is 131 Å². The molecule has 0 bridgehead atoms. The highest BCUT2D eigenvalue weighted by Crippen LogP contribution is 2.12. The highest BCUT2D eigenvalue weighted by atomic mass is 16.5. The standard InChI is InChI=1S/C18H22N2O2/c1-18(2,13-19)20-17(21)15-10-8-14(9-11-15)12-22-16-6-4-3-5-7-16/h3-11H,12-13,19H2,1-2H3,(H,20,21). The number of hydrogen-bond acceptors (Lipinski definition) is 3. The molecule has 0 heterocycles. The second-order valence-corrected chi connectivity index (χ2v) is 5.84. The van der Waals surface area contributed by atoms with Gasteiger partial charge in [-0.1, -0.05) is 30.3 Å². The summed E-state index contributed by atoms with van der Waals surface area (Å²) < 4.78 is 5.67. The van der Waals surface area contributed by atoms with Crippen molar-refractivity contribution >= 4 is 5.91 Å². The Morgan fingerprint density at radius 1 is 1.09 bits per heavy atom. The summed E-state index contributed by atoms with van der Waals surface area (Å²) in [6.07, 6.45) is 0. The van der Waals surface area contributed by atoms with Gasteiger partial charge in [0.2, 0.25) is 0 Å². The fraction of sp³-hybridized carbons (Fsp3) is 0.278. The lowest BCUT2D eigenvalue weighted by molar-refractivity contribution is 0.0915. The summed E-state index contributed by atoms with van der Waals surface area (Å²) in [5, 5.41) is 2.90. The molecule has 1 amide bonds. The molecule has 4 heteroatoms. The van der Waals surface area contributed by atoms with E-state index < -0.39 is 5.54 Å². The van der Waals surface area contributed by atoms with Crippen LogP contribution >= 0.6 is 0 Å². The zero-order valence-electron chi connectivity index (χ0n) is 13.0. The molecule has 2 aromatic rings. The van der Waals surface area contributed by atoms with Gasteiger partial charge in [0.15, 0.2) is 0 Å². The van der Waals surface area contributed by atoms with Crippen LogP contribution in [0.4, 0.5) is 0 Å². The van der Waals surface area contributed by atoms with Crippen LogP contribution < -0.4 is 15.8 Å². The number of nitrogens with one attached hydrogen (secondary N) is 1. The number of para-hydroxylation sites is 1. The van der Waals surface area contributed by atoms with Crippen LogP contribution in [0.2, 0.25) is 0 Å². The number of nitrogens with two attached hydrogens (primary N) is 1. The van der Waals surface area contributed by atoms with Crippen LogP contribution in [-0.2, 0) is 6.61 Å². The fourth-order valence-electron chi connectivity index (χ4n) is 1.87. The van der Waals surface area contributed by atoms with Gasteiger partial charge in [-0.25, -0.2) is 0 Å². The molecule has 2 aromatic carbocycles. The van der Waals surface area contributed by atoms with Crippen molar-refractivity contribution in [3.05, 3.63) is 65.7 Å². The van der Waals surface area contributed by atoms with Crippen molar-refractivity contribution in [2.75, 3.05) is 6.54 Å². The van der Waals surface area contributed by atoms with E-state index in [1.165, 1.54) is 0 Å². The molecule has 116 valence electrons. The summed E-state index contributed by atoms with van der Waals surface area (Å²) >= 11 is 0. The predicted molar refractivity (Wildman–Crippen MR) is 87.8 cm³/mol. The molecule has 2 rings (SSSR count). The summed E-state index contributed by atoms with van der Waals surface area (Å²) in [6.45, 7) is 4.65. The number of hydrogen-bond donors (Lipinski definition) is 2. The lowest BCUT2D eigenvalue weighted by Crippen LogP contribution is -2.48. The second kappa shape index (κ2) is 7.09. The molecule has 0 fully saturated rings. The minimum Gasteiger partial charge on any atom is -0.489 e. The van der Waals surface area contributed by atoms with Crippen molar-refractivity contribution < 1.29 is 9.53 Å². The first-order valence-corrected chi connectivity index (χ1v) is 7.29. The smallest absolute Gasteiger partial charge is 0.251 e. The van der Waals surface area contributed by atoms with Gasteiger partial charge in [0, 0.05) is 17.6 Å². The molecule has 0 saturated heterocycles. The number of carbonyl (C=O) groups is 1. The van der Waals surface area contributed by atoms with Crippen LogP contribution in [-0.4, -0.2) is 18.0 Å². The first-order valence-electron chi connectivity index (χ1n) is 7.29. The van der Waals surface area contributed by atoms with E-state index in [-0.39, 0.29) is 5.91 Å². The molecule has 22 heavy (non-hydrogen) atoms. The van der Waals surface area contributed by atoms with Gasteiger partial charge in [0.05, 0.1) is 0 Å². The van der Waals surface area contributed by atoms with Crippen LogP contribution in [0, 0.1) is 0 Å². The Bertz CT molecular complexity index is 607. The summed E-state index contributed by atoms with van der Waals surface area (Å²) in [4.78, 5) is 12.1. The Balaban J connectivity index is 1.94. The zero-order chi connectivity index (χ0) is 16.0. The molecule has 0 atom stereocenters. The van der Waals surface area contributed by atoms with E-state index in [0.29, 0.717) is 18.7 Å². The number of ether oxygens (including phenoxy) is 1. The first kappa shape index (κ1) is 16.0. The summed E-state index contributed by atoms with van der Waals surface area (Å²) in [5.74, 6) is 0.708. The molecular weight excluding hydrogens is 276 g/mol. The molecule has 0 spiro atoms. The van der Waals surface area contributed by atoms with E-state index in [4.69, 9.17) is 10.5 Å². The third-order valence-electron chi connectivity index (χ3n) is 3.33. The molecule has 0 aliphatic carbocycles. The van der Waals surface area contributed by atoms with Crippen molar-refractivity contribution in [1.29, 1.82) is 0 Å². The summed E-state index contributed by atoms with van der Waals surface area (Å²) in [7, 11) is 0. The Morgan fingerprint density at radius 2 is 1.73 bits per heavy atom. The van der Waals surface area contributed by atoms with Crippen LogP contribution in [0.3, 0.4) is 0 Å². The number of rotatable bonds is 6. The molecule has 0 aromatic heterocycles. The van der Waals surface area contributed by atoms with E-state index in [1.807, 2.05) is 56.3 Å². The molecule has 0 radical (unpaired) electrons. The average Bonchev–Trinajstić information content (AvgIpc) is 2.54. The molecule has 0 unspecified atom stereocenters. The number of amides is 1. The van der Waals surface area contributed by atoms with E-state index in [0.717, 1.165) is 11.3 Å². The lowest BCUT2D eigenvalue weighted by atomic mass is 10.0. The topological polar surface area (TPSA) is 64.3 Å². The molecule has 0 aliphatic heterocycles. The minimum absolute atomic E-state index is 0.119. The number of carbonyl (C=O) groups excluding carboxylic acids is 1. The van der Waals surface area contributed by atoms with E-state index >= 15 is 0 Å². The van der Waals surface area contributed by atoms with Crippen LogP contribution in [0.5, 0.6) is 5.75 Å². The molecular formula is C18H22N2O2. The van der Waals surface area contributed by atoms with Crippen molar-refractivity contribution in [2.24, 2.45) is 5.73 Å². The van der Waals surface area contributed by atoms with Gasteiger partial charge < -0.3 is 15.8 Å². The number of benzene rings is 2. The summed E-state index contributed by atoms with van der Waals surface area (Å²) in [5.41, 5.74) is 6.84. The maximum Gasteiger partial charge on any atom is 0.251 e. The van der Waals surface area contributed by atoms with Gasteiger partial charge >= 0.3 is 0 Å². The first-order chi connectivity index (χ1) is 10.5. The molecule has 4 nitrogen and oxygen atoms in total. The van der Waals surface area contributed by atoms with Gasteiger partial charge in [0.1, 0.15) is 12.4 Å². The van der Waals surface area contributed by atoms with Crippen molar-refractivity contribution in [3.8, 4) is 5.75 Å². The third kappa shape index (κ3) is 4.60. The molecule has 0 saturated carbocycles. The van der Waals surface area contributed by atoms with Gasteiger partial charge in [-0.2, -0.15) is 0 Å². The van der Waals surface area contributed by atoms with Crippen molar-refractivity contribution in [1.82, 2.24) is 5.32 Å². The monoisotopic (exact) mass is 298 g/mol. The van der Waals surface area contributed by atoms with Gasteiger partial charge in [-0.15, -0.1) is 0 Å². The predicted octanol–water partition coefficient (Wildman–Crippen LogP) is 2.73. The zero-order valence-corrected chi connectivity index (χ0v) is 13.0. The van der Waals surface area contributed by atoms with Crippen molar-refractivity contribution in [3.63, 3.8) is 0 Å². The van der Waals surface area contributed by atoms with Crippen molar-refractivity contribution in [2.45, 2.75) is 26.0 Å². The van der Waals surface area contributed by atoms with Gasteiger partial charge in [0.25, 0.3) is 5.91 Å². The van der Waals surface area contributed by atoms with Crippen LogP contribution in [0.25, 0.3) is 0 Å². The Hall–Kier alpha value is -2.33. The maximum absolute atomic E-state index is 12.1. The van der Waals surface area contributed by atoms with Crippen LogP contribution in [0.15, 0.2) is 54.6 Å². The van der Waals surface area contributed by atoms with Crippen LogP contribution in [0.1, 0.15) is 29.8 Å². The van der Waals surface area contributed by atoms with Gasteiger partial charge in [-0.05, 0) is 43.7 Å². The Kier molecular flexibility index (Phi) is 5.17. The fourth-order valence-corrected chi connectivity index (χ4v) is 1.87. The lowest BCUT2D eigenvalue weighted by Gasteiger charge is -2.24. The van der Waals surface area contributed by atoms with E-state index in [1.54, 1.807) is 12.1 Å². The highest BCUT2D eigenvalue weighted by Gasteiger charge is 2.18. The molecule has 3 N–H and O–H groups in total. The van der Waals surface area contributed by atoms with E-state index in [9.17, 15) is 4.79 Å². The average molecular weight is 298 g/mol. The maximum atomic E-state index is 12.1. The van der Waals surface area contributed by atoms with Gasteiger partial charge in [-0.3, -0.25) is 4.79 Å². The highest BCUT2D eigenvalue weighted by molar-refractivity contribution is 5.94. The molecule has 0 aliphatic rings. The second-order valence-electron chi connectivity index (χ2n) is 5.84. The quantitative estimate of drug-likeness (QED) is 0.862. The van der Waals surface area contributed by atoms with E-state index in [2.05, 4.69) is 5.32 Å². The largest absolute Gasteiger partial charge is 0.489 e. The Morgan fingerprint density at radius 3 is 2.32 bits per heavy atom. The third-order valence-corrected chi connectivity index (χ3v) is 3.33.